The molecule has 13 heavy (non-hydrogen) atoms. The highest BCUT2D eigenvalue weighted by molar-refractivity contribution is 5.07. The Morgan fingerprint density at radius 2 is 2.54 bits per heavy atom. The van der Waals surface area contributed by atoms with Crippen LogP contribution < -0.4 is 5.32 Å². The second kappa shape index (κ2) is 3.50. The predicted octanol–water partition coefficient (Wildman–Crippen LogP) is 1.64. The molecule has 1 N–H and O–H groups in total. The summed E-state index contributed by atoms with van der Waals surface area (Å²) in [7, 11) is 0. The zero-order valence-electron chi connectivity index (χ0n) is 8.38. The Morgan fingerprint density at radius 3 is 3.31 bits per heavy atom. The van der Waals surface area contributed by atoms with E-state index >= 15 is 0 Å². The van der Waals surface area contributed by atoms with E-state index in [1.54, 1.807) is 0 Å². The Labute approximate surface area is 79.2 Å². The van der Waals surface area contributed by atoms with E-state index in [9.17, 15) is 0 Å². The highest BCUT2D eigenvalue weighted by Gasteiger charge is 2.18. The second-order valence-electron chi connectivity index (χ2n) is 3.70. The highest BCUT2D eigenvalue weighted by atomic mass is 15.1. The normalized spacial score (nSPS) is 22.5. The molecule has 0 unspecified atom stereocenters. The van der Waals surface area contributed by atoms with Crippen LogP contribution in [0.3, 0.4) is 0 Å². The molecule has 1 aliphatic heterocycles. The van der Waals surface area contributed by atoms with E-state index in [0.29, 0.717) is 6.04 Å². The number of imidazole rings is 1. The third kappa shape index (κ3) is 1.61. The lowest BCUT2D eigenvalue weighted by molar-refractivity contribution is 0.514. The molecule has 3 heteroatoms. The summed E-state index contributed by atoms with van der Waals surface area (Å²) in [6, 6.07) is 0.455. The molecular formula is C10H17N3. The molecule has 1 aromatic heterocycles. The van der Waals surface area contributed by atoms with Crippen molar-refractivity contribution in [2.75, 3.05) is 6.54 Å². The molecule has 0 radical (unpaired) electrons. The molecule has 1 aliphatic rings. The highest BCUT2D eigenvalue weighted by Crippen LogP contribution is 2.18. The maximum atomic E-state index is 4.56. The van der Waals surface area contributed by atoms with E-state index in [1.807, 2.05) is 0 Å². The standard InChI is InChI=1S/C10H17N3/c1-3-9-10-12-8(2)7-13(10)6-4-5-11-9/h7,9,11H,3-6H2,1-2H3/t9-/m0/s1. The lowest BCUT2D eigenvalue weighted by Crippen LogP contribution is -2.21. The van der Waals surface area contributed by atoms with Crippen molar-refractivity contribution in [3.05, 3.63) is 17.7 Å². The quantitative estimate of drug-likeness (QED) is 0.710. The summed E-state index contributed by atoms with van der Waals surface area (Å²) in [5.41, 5.74) is 1.14. The summed E-state index contributed by atoms with van der Waals surface area (Å²) in [5.74, 6) is 1.22. The Morgan fingerprint density at radius 1 is 1.69 bits per heavy atom. The van der Waals surface area contributed by atoms with Crippen molar-refractivity contribution in [1.29, 1.82) is 0 Å². The van der Waals surface area contributed by atoms with Gasteiger partial charge in [0.15, 0.2) is 0 Å². The summed E-state index contributed by atoms with van der Waals surface area (Å²) in [6.45, 7) is 6.49. The van der Waals surface area contributed by atoms with Crippen LogP contribution in [0.25, 0.3) is 0 Å². The first-order valence-electron chi connectivity index (χ1n) is 5.08. The van der Waals surface area contributed by atoms with Gasteiger partial charge in [0.1, 0.15) is 5.82 Å². The molecule has 0 aliphatic carbocycles. The Balaban J connectivity index is 2.34. The summed E-state index contributed by atoms with van der Waals surface area (Å²) in [6.07, 6.45) is 4.49. The number of rotatable bonds is 1. The monoisotopic (exact) mass is 179 g/mol. The van der Waals surface area contributed by atoms with Gasteiger partial charge in [-0.25, -0.2) is 4.98 Å². The fourth-order valence-corrected chi connectivity index (χ4v) is 1.97. The van der Waals surface area contributed by atoms with E-state index in [1.165, 1.54) is 12.2 Å². The van der Waals surface area contributed by atoms with Crippen LogP contribution in [0, 0.1) is 6.92 Å². The minimum atomic E-state index is 0.455. The van der Waals surface area contributed by atoms with Gasteiger partial charge >= 0.3 is 0 Å². The average Bonchev–Trinajstić information content (AvgIpc) is 2.37. The van der Waals surface area contributed by atoms with Gasteiger partial charge in [0.2, 0.25) is 0 Å². The smallest absolute Gasteiger partial charge is 0.126 e. The van der Waals surface area contributed by atoms with E-state index in [-0.39, 0.29) is 0 Å². The summed E-state index contributed by atoms with van der Waals surface area (Å²) in [5, 5.41) is 3.52. The van der Waals surface area contributed by atoms with E-state index in [4.69, 9.17) is 0 Å². The molecular weight excluding hydrogens is 162 g/mol. The SMILES string of the molecule is CC[C@@H]1NCCCn2cc(C)nc21. The van der Waals surface area contributed by atoms with Gasteiger partial charge in [0.25, 0.3) is 0 Å². The fraction of sp³-hybridized carbons (Fsp3) is 0.700. The first kappa shape index (κ1) is 8.75. The van der Waals surface area contributed by atoms with Crippen LogP contribution in [0.1, 0.15) is 37.3 Å². The van der Waals surface area contributed by atoms with E-state index in [2.05, 4.69) is 34.9 Å². The van der Waals surface area contributed by atoms with Gasteiger partial charge in [0, 0.05) is 12.7 Å². The largest absolute Gasteiger partial charge is 0.333 e. The Hall–Kier alpha value is -0.830. The average molecular weight is 179 g/mol. The molecule has 0 spiro atoms. The number of fused-ring (bicyclic) bond motifs is 1. The second-order valence-corrected chi connectivity index (χ2v) is 3.70. The van der Waals surface area contributed by atoms with Crippen molar-refractivity contribution in [2.24, 2.45) is 0 Å². The molecule has 1 aromatic rings. The van der Waals surface area contributed by atoms with Gasteiger partial charge in [0.05, 0.1) is 11.7 Å². The van der Waals surface area contributed by atoms with Crippen molar-refractivity contribution in [3.8, 4) is 0 Å². The first-order valence-corrected chi connectivity index (χ1v) is 5.08. The van der Waals surface area contributed by atoms with Crippen molar-refractivity contribution in [3.63, 3.8) is 0 Å². The summed E-state index contributed by atoms with van der Waals surface area (Å²) >= 11 is 0. The van der Waals surface area contributed by atoms with Gasteiger partial charge in [-0.2, -0.15) is 0 Å². The molecule has 0 amide bonds. The van der Waals surface area contributed by atoms with Crippen LogP contribution in [0.2, 0.25) is 0 Å². The predicted molar refractivity (Wildman–Crippen MR) is 52.6 cm³/mol. The van der Waals surface area contributed by atoms with Gasteiger partial charge in [-0.05, 0) is 26.3 Å². The maximum Gasteiger partial charge on any atom is 0.126 e. The Kier molecular flexibility index (Phi) is 2.36. The zero-order chi connectivity index (χ0) is 9.26. The minimum absolute atomic E-state index is 0.455. The molecule has 0 aromatic carbocycles. The molecule has 0 bridgehead atoms. The number of nitrogens with one attached hydrogen (secondary N) is 1. The van der Waals surface area contributed by atoms with Gasteiger partial charge in [-0.15, -0.1) is 0 Å². The number of hydrogen-bond donors (Lipinski definition) is 1. The lowest BCUT2D eigenvalue weighted by Gasteiger charge is -2.12. The Bertz CT molecular complexity index is 290. The van der Waals surface area contributed by atoms with Crippen molar-refractivity contribution >= 4 is 0 Å². The van der Waals surface area contributed by atoms with Crippen molar-refractivity contribution < 1.29 is 0 Å². The van der Waals surface area contributed by atoms with Crippen LogP contribution in [0.5, 0.6) is 0 Å². The third-order valence-corrected chi connectivity index (χ3v) is 2.61. The molecule has 2 heterocycles. The van der Waals surface area contributed by atoms with Crippen LogP contribution in [-0.2, 0) is 6.54 Å². The van der Waals surface area contributed by atoms with Gasteiger partial charge in [-0.1, -0.05) is 6.92 Å². The number of nitrogens with zero attached hydrogens (tertiary/aromatic N) is 2. The van der Waals surface area contributed by atoms with Crippen LogP contribution in [-0.4, -0.2) is 16.1 Å². The number of aryl methyl sites for hydroxylation is 2. The van der Waals surface area contributed by atoms with E-state index < -0.39 is 0 Å². The molecule has 2 rings (SSSR count). The van der Waals surface area contributed by atoms with Crippen LogP contribution >= 0.6 is 0 Å². The topological polar surface area (TPSA) is 29.9 Å². The molecule has 0 fully saturated rings. The van der Waals surface area contributed by atoms with E-state index in [0.717, 1.165) is 25.2 Å². The fourth-order valence-electron chi connectivity index (χ4n) is 1.97. The number of aromatic nitrogens is 2. The molecule has 3 nitrogen and oxygen atoms in total. The number of hydrogen-bond acceptors (Lipinski definition) is 2. The zero-order valence-corrected chi connectivity index (χ0v) is 8.38. The molecule has 1 atom stereocenters. The summed E-state index contributed by atoms with van der Waals surface area (Å²) in [4.78, 5) is 4.56. The van der Waals surface area contributed by atoms with Crippen molar-refractivity contribution in [1.82, 2.24) is 14.9 Å². The van der Waals surface area contributed by atoms with Crippen LogP contribution in [0.15, 0.2) is 6.20 Å². The molecule has 0 saturated heterocycles. The van der Waals surface area contributed by atoms with Gasteiger partial charge < -0.3 is 9.88 Å². The molecule has 72 valence electrons. The van der Waals surface area contributed by atoms with Crippen molar-refractivity contribution in [2.45, 2.75) is 39.3 Å². The molecule has 0 saturated carbocycles. The first-order chi connectivity index (χ1) is 6.31. The van der Waals surface area contributed by atoms with Crippen LogP contribution in [0.4, 0.5) is 0 Å². The minimum Gasteiger partial charge on any atom is -0.333 e. The maximum absolute atomic E-state index is 4.56. The summed E-state index contributed by atoms with van der Waals surface area (Å²) < 4.78 is 2.30. The third-order valence-electron chi connectivity index (χ3n) is 2.61. The lowest BCUT2D eigenvalue weighted by atomic mass is 10.2. The van der Waals surface area contributed by atoms with Gasteiger partial charge in [-0.3, -0.25) is 0 Å².